The van der Waals surface area contributed by atoms with E-state index in [0.29, 0.717) is 17.1 Å². The van der Waals surface area contributed by atoms with Gasteiger partial charge in [0.25, 0.3) is 0 Å². The molecular weight excluding hydrogens is 224 g/mol. The van der Waals surface area contributed by atoms with Crippen LogP contribution in [0.4, 0.5) is 5.69 Å². The average Bonchev–Trinajstić information content (AvgIpc) is 2.25. The van der Waals surface area contributed by atoms with Gasteiger partial charge in [-0.3, -0.25) is 4.79 Å². The smallest absolute Gasteiger partial charge is 0.241 e. The molecule has 0 aliphatic carbocycles. The molecule has 4 heteroatoms. The second-order valence-corrected chi connectivity index (χ2v) is 3.97. The third kappa shape index (κ3) is 2.98. The Balaban J connectivity index is 2.85. The average molecular weight is 237 g/mol. The number of aryl methyl sites for hydroxylation is 1. The molecule has 0 aliphatic rings. The van der Waals surface area contributed by atoms with E-state index in [4.69, 9.17) is 16.9 Å². The SMILES string of the molecule is CCC(C#N)C(=O)Nc1cc(C)ccc1Cl. The molecule has 1 atom stereocenters. The van der Waals surface area contributed by atoms with Gasteiger partial charge in [-0.05, 0) is 31.0 Å². The molecule has 0 aliphatic heterocycles. The fourth-order valence-corrected chi connectivity index (χ4v) is 1.45. The summed E-state index contributed by atoms with van der Waals surface area (Å²) in [5.74, 6) is -0.936. The highest BCUT2D eigenvalue weighted by atomic mass is 35.5. The number of rotatable bonds is 3. The molecule has 0 aromatic heterocycles. The summed E-state index contributed by atoms with van der Waals surface area (Å²) in [5, 5.41) is 11.9. The van der Waals surface area contributed by atoms with Crippen molar-refractivity contribution in [2.75, 3.05) is 5.32 Å². The molecule has 1 unspecified atom stereocenters. The number of carbonyl (C=O) groups is 1. The summed E-state index contributed by atoms with van der Waals surface area (Å²) in [6.07, 6.45) is 0.492. The third-order valence-electron chi connectivity index (χ3n) is 2.26. The minimum atomic E-state index is -0.628. The molecule has 0 radical (unpaired) electrons. The van der Waals surface area contributed by atoms with E-state index >= 15 is 0 Å². The zero-order valence-electron chi connectivity index (χ0n) is 9.25. The number of nitriles is 1. The number of nitrogens with zero attached hydrogens (tertiary/aromatic N) is 1. The van der Waals surface area contributed by atoms with E-state index < -0.39 is 5.92 Å². The largest absolute Gasteiger partial charge is 0.324 e. The predicted molar refractivity (Wildman–Crippen MR) is 64.2 cm³/mol. The molecule has 1 N–H and O–H groups in total. The van der Waals surface area contributed by atoms with E-state index in [1.54, 1.807) is 19.1 Å². The normalized spacial score (nSPS) is 11.6. The minimum absolute atomic E-state index is 0.308. The zero-order chi connectivity index (χ0) is 12.1. The molecular formula is C12H13ClN2O. The molecule has 1 amide bonds. The van der Waals surface area contributed by atoms with Crippen molar-refractivity contribution in [1.29, 1.82) is 5.26 Å². The van der Waals surface area contributed by atoms with Gasteiger partial charge in [-0.2, -0.15) is 5.26 Å². The fraction of sp³-hybridized carbons (Fsp3) is 0.333. The van der Waals surface area contributed by atoms with E-state index in [0.717, 1.165) is 5.56 Å². The summed E-state index contributed by atoms with van der Waals surface area (Å²) in [5.41, 5.74) is 1.56. The Hall–Kier alpha value is -1.53. The lowest BCUT2D eigenvalue weighted by molar-refractivity contribution is -0.118. The van der Waals surface area contributed by atoms with Crippen molar-refractivity contribution in [2.45, 2.75) is 20.3 Å². The summed E-state index contributed by atoms with van der Waals surface area (Å²) >= 11 is 5.93. The summed E-state index contributed by atoms with van der Waals surface area (Å²) in [6.45, 7) is 3.71. The Morgan fingerprint density at radius 1 is 1.62 bits per heavy atom. The molecule has 0 bridgehead atoms. The lowest BCUT2D eigenvalue weighted by Gasteiger charge is -2.10. The quantitative estimate of drug-likeness (QED) is 0.877. The zero-order valence-corrected chi connectivity index (χ0v) is 10.0. The Kier molecular flexibility index (Phi) is 4.33. The maximum Gasteiger partial charge on any atom is 0.241 e. The second kappa shape index (κ2) is 5.53. The topological polar surface area (TPSA) is 52.9 Å². The van der Waals surface area contributed by atoms with Crippen molar-refractivity contribution >= 4 is 23.2 Å². The number of hydrogen-bond acceptors (Lipinski definition) is 2. The van der Waals surface area contributed by atoms with E-state index in [1.807, 2.05) is 19.1 Å². The van der Waals surface area contributed by atoms with Gasteiger partial charge < -0.3 is 5.32 Å². The van der Waals surface area contributed by atoms with Crippen molar-refractivity contribution in [3.05, 3.63) is 28.8 Å². The number of anilines is 1. The van der Waals surface area contributed by atoms with Crippen LogP contribution in [-0.4, -0.2) is 5.91 Å². The van der Waals surface area contributed by atoms with Crippen LogP contribution in [0, 0.1) is 24.2 Å². The summed E-state index contributed by atoms with van der Waals surface area (Å²) in [7, 11) is 0. The monoisotopic (exact) mass is 236 g/mol. The van der Waals surface area contributed by atoms with E-state index in [2.05, 4.69) is 5.32 Å². The van der Waals surface area contributed by atoms with Crippen LogP contribution >= 0.6 is 11.6 Å². The maximum absolute atomic E-state index is 11.6. The Bertz CT molecular complexity index is 437. The van der Waals surface area contributed by atoms with Crippen molar-refractivity contribution in [3.8, 4) is 6.07 Å². The molecule has 84 valence electrons. The molecule has 1 aromatic rings. The van der Waals surface area contributed by atoms with Crippen LogP contribution in [0.2, 0.25) is 5.02 Å². The standard InChI is InChI=1S/C12H13ClN2O/c1-3-9(7-14)12(16)15-11-6-8(2)4-5-10(11)13/h4-6,9H,3H2,1-2H3,(H,15,16). The van der Waals surface area contributed by atoms with Crippen molar-refractivity contribution < 1.29 is 4.79 Å². The van der Waals surface area contributed by atoms with Gasteiger partial charge >= 0.3 is 0 Å². The first-order valence-electron chi connectivity index (χ1n) is 5.05. The molecule has 0 saturated heterocycles. The minimum Gasteiger partial charge on any atom is -0.324 e. The van der Waals surface area contributed by atoms with Crippen molar-refractivity contribution in [1.82, 2.24) is 0 Å². The summed E-state index contributed by atoms with van der Waals surface area (Å²) in [6, 6.07) is 7.32. The van der Waals surface area contributed by atoms with Crippen LogP contribution in [0.3, 0.4) is 0 Å². The van der Waals surface area contributed by atoms with Crippen LogP contribution in [0.15, 0.2) is 18.2 Å². The Morgan fingerprint density at radius 2 is 2.31 bits per heavy atom. The molecule has 0 saturated carbocycles. The van der Waals surface area contributed by atoms with E-state index in [1.165, 1.54) is 0 Å². The van der Waals surface area contributed by atoms with Gasteiger partial charge in [0.1, 0.15) is 5.92 Å². The second-order valence-electron chi connectivity index (χ2n) is 3.56. The van der Waals surface area contributed by atoms with Crippen molar-refractivity contribution in [2.24, 2.45) is 5.92 Å². The predicted octanol–water partition coefficient (Wildman–Crippen LogP) is 3.14. The first-order valence-corrected chi connectivity index (χ1v) is 5.43. The molecule has 0 fully saturated rings. The molecule has 16 heavy (non-hydrogen) atoms. The first-order chi connectivity index (χ1) is 7.58. The van der Waals surface area contributed by atoms with E-state index in [-0.39, 0.29) is 5.91 Å². The first kappa shape index (κ1) is 12.5. The lowest BCUT2D eigenvalue weighted by atomic mass is 10.1. The highest BCUT2D eigenvalue weighted by Crippen LogP contribution is 2.23. The van der Waals surface area contributed by atoms with Crippen molar-refractivity contribution in [3.63, 3.8) is 0 Å². The third-order valence-corrected chi connectivity index (χ3v) is 2.59. The Morgan fingerprint density at radius 3 is 2.88 bits per heavy atom. The number of nitrogens with one attached hydrogen (secondary N) is 1. The van der Waals surface area contributed by atoms with Gasteiger partial charge in [-0.25, -0.2) is 0 Å². The maximum atomic E-state index is 11.6. The van der Waals surface area contributed by atoms with Crippen LogP contribution in [-0.2, 0) is 4.79 Å². The number of halogens is 1. The van der Waals surface area contributed by atoms with Crippen LogP contribution < -0.4 is 5.32 Å². The van der Waals surface area contributed by atoms with Gasteiger partial charge in [0.05, 0.1) is 16.8 Å². The summed E-state index contributed by atoms with van der Waals surface area (Å²) in [4.78, 5) is 11.6. The van der Waals surface area contributed by atoms with Gasteiger partial charge in [0, 0.05) is 0 Å². The summed E-state index contributed by atoms with van der Waals surface area (Å²) < 4.78 is 0. The van der Waals surface area contributed by atoms with Crippen LogP contribution in [0.1, 0.15) is 18.9 Å². The number of benzene rings is 1. The van der Waals surface area contributed by atoms with Gasteiger partial charge in [-0.1, -0.05) is 24.6 Å². The number of amides is 1. The molecule has 1 aromatic carbocycles. The van der Waals surface area contributed by atoms with Crippen LogP contribution in [0.25, 0.3) is 0 Å². The fourth-order valence-electron chi connectivity index (χ4n) is 1.29. The Labute approximate surface area is 100 Å². The van der Waals surface area contributed by atoms with Crippen LogP contribution in [0.5, 0.6) is 0 Å². The van der Waals surface area contributed by atoms with Gasteiger partial charge in [0.15, 0.2) is 0 Å². The lowest BCUT2D eigenvalue weighted by Crippen LogP contribution is -2.21. The molecule has 0 heterocycles. The molecule has 3 nitrogen and oxygen atoms in total. The highest BCUT2D eigenvalue weighted by Gasteiger charge is 2.16. The van der Waals surface area contributed by atoms with Gasteiger partial charge in [0.2, 0.25) is 5.91 Å². The highest BCUT2D eigenvalue weighted by molar-refractivity contribution is 6.33. The molecule has 1 rings (SSSR count). The van der Waals surface area contributed by atoms with Gasteiger partial charge in [-0.15, -0.1) is 0 Å². The number of carbonyl (C=O) groups excluding carboxylic acids is 1. The molecule has 0 spiro atoms. The van der Waals surface area contributed by atoms with E-state index in [9.17, 15) is 4.79 Å². The number of hydrogen-bond donors (Lipinski definition) is 1.